The summed E-state index contributed by atoms with van der Waals surface area (Å²) < 4.78 is 2.28. The average Bonchev–Trinajstić information content (AvgIpc) is 2.44. The fraction of sp³-hybridized carbons (Fsp3) is 1.00. The molecular formula is C18H38BrN. The van der Waals surface area contributed by atoms with Crippen molar-refractivity contribution < 1.29 is 0 Å². The van der Waals surface area contributed by atoms with E-state index in [1.807, 2.05) is 0 Å². The van der Waals surface area contributed by atoms with Crippen molar-refractivity contribution in [2.45, 2.75) is 104 Å². The molecule has 0 aliphatic rings. The van der Waals surface area contributed by atoms with Gasteiger partial charge in [-0.1, -0.05) is 90.9 Å². The lowest BCUT2D eigenvalue weighted by molar-refractivity contribution is 0.454. The second-order valence-corrected chi connectivity index (χ2v) is 7.16. The van der Waals surface area contributed by atoms with Crippen LogP contribution in [0.5, 0.6) is 0 Å². The second-order valence-electron chi connectivity index (χ2n) is 6.15. The average molecular weight is 348 g/mol. The molecule has 1 nitrogen and oxygen atoms in total. The van der Waals surface area contributed by atoms with Crippen molar-refractivity contribution in [3.63, 3.8) is 0 Å². The lowest BCUT2D eigenvalue weighted by Gasteiger charge is -2.12. The number of unbranched alkanes of at least 4 members (excludes halogenated alkanes) is 12. The highest BCUT2D eigenvalue weighted by molar-refractivity contribution is 9.07. The number of hydrogen-bond acceptors (Lipinski definition) is 1. The van der Waals surface area contributed by atoms with Gasteiger partial charge >= 0.3 is 0 Å². The highest BCUT2D eigenvalue weighted by Crippen LogP contribution is 2.13. The quantitative estimate of drug-likeness (QED) is 0.212. The molecule has 2 heteroatoms. The summed E-state index contributed by atoms with van der Waals surface area (Å²) in [4.78, 5) is 0. The van der Waals surface area contributed by atoms with Crippen molar-refractivity contribution >= 4 is 16.1 Å². The molecule has 0 spiro atoms. The SMILES string of the molecule is CCCCCCCCCCCCCCCN(Br)CCC. The number of halogens is 1. The summed E-state index contributed by atoms with van der Waals surface area (Å²) in [5.74, 6) is 0. The fourth-order valence-electron chi connectivity index (χ4n) is 2.66. The van der Waals surface area contributed by atoms with E-state index in [1.165, 1.54) is 103 Å². The highest BCUT2D eigenvalue weighted by atomic mass is 79.9. The third-order valence-electron chi connectivity index (χ3n) is 3.97. The molecule has 0 unspecified atom stereocenters. The zero-order valence-corrected chi connectivity index (χ0v) is 15.7. The minimum absolute atomic E-state index is 1.18. The first kappa shape index (κ1) is 20.4. The Morgan fingerprint density at radius 2 is 0.900 bits per heavy atom. The van der Waals surface area contributed by atoms with Crippen LogP contribution in [0.3, 0.4) is 0 Å². The molecule has 0 amide bonds. The number of rotatable bonds is 16. The Balaban J connectivity index is 2.99. The maximum atomic E-state index is 3.61. The Labute approximate surface area is 137 Å². The molecule has 0 aromatic heterocycles. The number of nitrogens with zero attached hydrogens (tertiary/aromatic N) is 1. The van der Waals surface area contributed by atoms with Crippen LogP contribution in [0.1, 0.15) is 104 Å². The first-order chi connectivity index (χ1) is 9.81. The second kappa shape index (κ2) is 17.5. The minimum atomic E-state index is 1.18. The Morgan fingerprint density at radius 1 is 0.500 bits per heavy atom. The van der Waals surface area contributed by atoms with Crippen molar-refractivity contribution in [1.82, 2.24) is 3.93 Å². The van der Waals surface area contributed by atoms with E-state index >= 15 is 0 Å². The van der Waals surface area contributed by atoms with Gasteiger partial charge in [0.05, 0.1) is 0 Å². The zero-order chi connectivity index (χ0) is 14.9. The van der Waals surface area contributed by atoms with Crippen molar-refractivity contribution in [3.05, 3.63) is 0 Å². The summed E-state index contributed by atoms with van der Waals surface area (Å²) >= 11 is 3.61. The molecule has 20 heavy (non-hydrogen) atoms. The van der Waals surface area contributed by atoms with Crippen LogP contribution < -0.4 is 0 Å². The predicted molar refractivity (Wildman–Crippen MR) is 96.5 cm³/mol. The van der Waals surface area contributed by atoms with Gasteiger partial charge in [0.2, 0.25) is 0 Å². The largest absolute Gasteiger partial charge is 0.242 e. The predicted octanol–water partition coefficient (Wildman–Crippen LogP) is 7.10. The van der Waals surface area contributed by atoms with Crippen molar-refractivity contribution in [2.24, 2.45) is 0 Å². The van der Waals surface area contributed by atoms with Crippen LogP contribution >= 0.6 is 16.1 Å². The summed E-state index contributed by atoms with van der Waals surface area (Å²) in [5, 5.41) is 0. The summed E-state index contributed by atoms with van der Waals surface area (Å²) in [6.07, 6.45) is 19.9. The summed E-state index contributed by atoms with van der Waals surface area (Å²) in [6, 6.07) is 0. The molecular weight excluding hydrogens is 310 g/mol. The zero-order valence-electron chi connectivity index (χ0n) is 14.1. The summed E-state index contributed by atoms with van der Waals surface area (Å²) in [5.41, 5.74) is 0. The highest BCUT2D eigenvalue weighted by Gasteiger charge is 1.98. The molecule has 0 N–H and O–H groups in total. The lowest BCUT2D eigenvalue weighted by Crippen LogP contribution is -2.13. The van der Waals surface area contributed by atoms with E-state index < -0.39 is 0 Å². The molecule has 0 aliphatic heterocycles. The van der Waals surface area contributed by atoms with Crippen molar-refractivity contribution in [3.8, 4) is 0 Å². The van der Waals surface area contributed by atoms with Gasteiger partial charge in [-0.15, -0.1) is 0 Å². The topological polar surface area (TPSA) is 3.24 Å². The molecule has 122 valence electrons. The van der Waals surface area contributed by atoms with E-state index in [2.05, 4.69) is 33.9 Å². The van der Waals surface area contributed by atoms with Gasteiger partial charge in [-0.3, -0.25) is 0 Å². The lowest BCUT2D eigenvalue weighted by atomic mass is 10.0. The van der Waals surface area contributed by atoms with Gasteiger partial charge < -0.3 is 0 Å². The van der Waals surface area contributed by atoms with Crippen LogP contribution in [0.15, 0.2) is 0 Å². The maximum Gasteiger partial charge on any atom is 0.0120 e. The Kier molecular flexibility index (Phi) is 17.9. The van der Waals surface area contributed by atoms with Crippen LogP contribution in [-0.4, -0.2) is 17.0 Å². The van der Waals surface area contributed by atoms with E-state index in [0.717, 1.165) is 0 Å². The first-order valence-electron chi connectivity index (χ1n) is 9.22. The molecule has 0 aromatic carbocycles. The third-order valence-corrected chi connectivity index (χ3v) is 4.68. The summed E-state index contributed by atoms with van der Waals surface area (Å²) in [7, 11) is 0. The van der Waals surface area contributed by atoms with E-state index in [4.69, 9.17) is 0 Å². The molecule has 0 radical (unpaired) electrons. The molecule has 0 saturated carbocycles. The van der Waals surface area contributed by atoms with Gasteiger partial charge in [0.25, 0.3) is 0 Å². The molecule has 0 fully saturated rings. The smallest absolute Gasteiger partial charge is 0.0120 e. The molecule has 0 atom stereocenters. The van der Waals surface area contributed by atoms with Crippen LogP contribution in [0.25, 0.3) is 0 Å². The summed E-state index contributed by atoms with van der Waals surface area (Å²) in [6.45, 7) is 6.92. The first-order valence-corrected chi connectivity index (χ1v) is 9.92. The molecule has 0 heterocycles. The Hall–Kier alpha value is 0.440. The molecule has 0 rings (SSSR count). The Morgan fingerprint density at radius 3 is 1.30 bits per heavy atom. The molecule has 0 aliphatic carbocycles. The third kappa shape index (κ3) is 16.5. The monoisotopic (exact) mass is 347 g/mol. The fourth-order valence-corrected chi connectivity index (χ4v) is 3.26. The molecule has 0 saturated heterocycles. The van der Waals surface area contributed by atoms with E-state index in [1.54, 1.807) is 0 Å². The van der Waals surface area contributed by atoms with E-state index in [-0.39, 0.29) is 0 Å². The van der Waals surface area contributed by atoms with Gasteiger partial charge in [-0.25, -0.2) is 3.93 Å². The molecule has 0 bridgehead atoms. The molecule has 0 aromatic rings. The van der Waals surface area contributed by atoms with Gasteiger partial charge in [0.15, 0.2) is 0 Å². The van der Waals surface area contributed by atoms with Crippen molar-refractivity contribution in [1.29, 1.82) is 0 Å². The van der Waals surface area contributed by atoms with Gasteiger partial charge in [-0.05, 0) is 12.8 Å². The van der Waals surface area contributed by atoms with Gasteiger partial charge in [-0.2, -0.15) is 0 Å². The van der Waals surface area contributed by atoms with Gasteiger partial charge in [0, 0.05) is 29.2 Å². The van der Waals surface area contributed by atoms with Crippen LogP contribution in [0.2, 0.25) is 0 Å². The van der Waals surface area contributed by atoms with Crippen LogP contribution in [0, 0.1) is 0 Å². The van der Waals surface area contributed by atoms with E-state index in [0.29, 0.717) is 0 Å². The minimum Gasteiger partial charge on any atom is -0.242 e. The standard InChI is InChI=1S/C18H38BrN/c1-3-5-6-7-8-9-10-11-12-13-14-15-16-18-20(19)17-4-2/h3-18H2,1-2H3. The Bertz CT molecular complexity index is 173. The normalized spacial score (nSPS) is 11.4. The van der Waals surface area contributed by atoms with Crippen LogP contribution in [0.4, 0.5) is 0 Å². The van der Waals surface area contributed by atoms with Crippen LogP contribution in [-0.2, 0) is 0 Å². The maximum absolute atomic E-state index is 3.61. The van der Waals surface area contributed by atoms with Gasteiger partial charge in [0.1, 0.15) is 0 Å². The van der Waals surface area contributed by atoms with Crippen molar-refractivity contribution in [2.75, 3.05) is 13.1 Å². The number of hydrogen-bond donors (Lipinski definition) is 0. The van der Waals surface area contributed by atoms with E-state index in [9.17, 15) is 0 Å².